The van der Waals surface area contributed by atoms with E-state index in [1.807, 2.05) is 6.92 Å². The molecule has 0 aliphatic carbocycles. The van der Waals surface area contributed by atoms with E-state index in [2.05, 4.69) is 13.6 Å². The summed E-state index contributed by atoms with van der Waals surface area (Å²) < 4.78 is 29.8. The van der Waals surface area contributed by atoms with Gasteiger partial charge in [-0.1, -0.05) is 6.92 Å². The first-order valence-corrected chi connectivity index (χ1v) is 5.83. The number of allylic oxidation sites excluding steroid dienone is 1. The molecule has 2 fully saturated rings. The quantitative estimate of drug-likeness (QED) is 0.418. The van der Waals surface area contributed by atoms with Gasteiger partial charge < -0.3 is 14.9 Å². The molecule has 0 aromatic heterocycles. The summed E-state index contributed by atoms with van der Waals surface area (Å²) in [6.07, 6.45) is 3.38. The zero-order chi connectivity index (χ0) is 11.2. The van der Waals surface area contributed by atoms with Crippen molar-refractivity contribution in [1.29, 1.82) is 0 Å². The van der Waals surface area contributed by atoms with Gasteiger partial charge in [0, 0.05) is 0 Å². The number of rotatable bonds is 3. The fourth-order valence-corrected chi connectivity index (χ4v) is 2.67. The standard InChI is InChI=1S/C7H11O7P/c1-2-3-4-11-7(9)6(8)5-12-15(10,13-6)14-7/h3-4,8-9H,2,5H2,1H3/b4-3+. The Kier molecular flexibility index (Phi) is 2.42. The Hall–Kier alpha value is -0.430. The van der Waals surface area contributed by atoms with Crippen molar-refractivity contribution in [2.75, 3.05) is 6.61 Å². The molecule has 8 heteroatoms. The fraction of sp³-hybridized carbons (Fsp3) is 0.714. The molecular weight excluding hydrogens is 227 g/mol. The molecule has 2 heterocycles. The third kappa shape index (κ3) is 1.61. The van der Waals surface area contributed by atoms with E-state index in [0.29, 0.717) is 6.42 Å². The number of ether oxygens (including phenoxy) is 1. The molecule has 0 radical (unpaired) electrons. The number of fused-ring (bicyclic) bond motifs is 2. The predicted molar refractivity (Wildman–Crippen MR) is 46.1 cm³/mol. The van der Waals surface area contributed by atoms with Gasteiger partial charge in [-0.2, -0.15) is 0 Å². The maximum Gasteiger partial charge on any atom is 0.483 e. The molecule has 0 aromatic rings. The van der Waals surface area contributed by atoms with Crippen molar-refractivity contribution in [3.63, 3.8) is 0 Å². The van der Waals surface area contributed by atoms with E-state index in [1.54, 1.807) is 6.08 Å². The van der Waals surface area contributed by atoms with Crippen molar-refractivity contribution < 1.29 is 33.1 Å². The molecule has 2 aliphatic heterocycles. The van der Waals surface area contributed by atoms with E-state index in [1.165, 1.54) is 0 Å². The van der Waals surface area contributed by atoms with Crippen LogP contribution in [0.15, 0.2) is 12.3 Å². The molecule has 2 aliphatic rings. The highest BCUT2D eigenvalue weighted by molar-refractivity contribution is 7.49. The van der Waals surface area contributed by atoms with Crippen LogP contribution in [0.2, 0.25) is 0 Å². The Bertz CT molecular complexity index is 342. The molecule has 86 valence electrons. The van der Waals surface area contributed by atoms with Gasteiger partial charge in [0.2, 0.25) is 0 Å². The summed E-state index contributed by atoms with van der Waals surface area (Å²) in [6.45, 7) is 1.38. The monoisotopic (exact) mass is 238 g/mol. The van der Waals surface area contributed by atoms with Crippen molar-refractivity contribution in [1.82, 2.24) is 0 Å². The average Bonchev–Trinajstić information content (AvgIpc) is 2.52. The van der Waals surface area contributed by atoms with Gasteiger partial charge in [0.15, 0.2) is 0 Å². The molecule has 2 saturated heterocycles. The van der Waals surface area contributed by atoms with Crippen LogP contribution in [0.3, 0.4) is 0 Å². The van der Waals surface area contributed by atoms with Crippen LogP contribution in [0.25, 0.3) is 0 Å². The van der Waals surface area contributed by atoms with Gasteiger partial charge in [0.05, 0.1) is 6.26 Å². The summed E-state index contributed by atoms with van der Waals surface area (Å²) in [4.78, 5) is 0. The molecule has 0 saturated carbocycles. The smallest absolute Gasteiger partial charge is 0.443 e. The Labute approximate surface area is 85.8 Å². The number of hydrogen-bond acceptors (Lipinski definition) is 7. The summed E-state index contributed by atoms with van der Waals surface area (Å²) in [5, 5.41) is 19.4. The minimum atomic E-state index is -3.87. The summed E-state index contributed by atoms with van der Waals surface area (Å²) in [7, 11) is -3.87. The first kappa shape index (κ1) is 11.1. The number of phosphoric ester groups is 1. The Morgan fingerprint density at radius 1 is 1.53 bits per heavy atom. The fourth-order valence-electron chi connectivity index (χ4n) is 1.17. The average molecular weight is 238 g/mol. The second-order valence-electron chi connectivity index (χ2n) is 3.17. The first-order valence-electron chi connectivity index (χ1n) is 4.37. The Morgan fingerprint density at radius 3 is 2.73 bits per heavy atom. The van der Waals surface area contributed by atoms with Gasteiger partial charge in [0.1, 0.15) is 6.61 Å². The predicted octanol–water partition coefficient (Wildman–Crippen LogP) is 0.446. The van der Waals surface area contributed by atoms with Crippen LogP contribution >= 0.6 is 7.82 Å². The summed E-state index contributed by atoms with van der Waals surface area (Å²) in [5.74, 6) is -4.73. The third-order valence-corrected chi connectivity index (χ3v) is 3.41. The van der Waals surface area contributed by atoms with E-state index in [0.717, 1.165) is 6.26 Å². The molecule has 3 unspecified atom stereocenters. The highest BCUT2D eigenvalue weighted by Crippen LogP contribution is 2.69. The van der Waals surface area contributed by atoms with Gasteiger partial charge in [-0.05, 0) is 12.5 Å². The molecule has 0 spiro atoms. The normalized spacial score (nSPS) is 49.0. The van der Waals surface area contributed by atoms with Gasteiger partial charge in [-0.25, -0.2) is 13.6 Å². The topological polar surface area (TPSA) is 94.5 Å². The van der Waals surface area contributed by atoms with Crippen LogP contribution in [0.5, 0.6) is 0 Å². The first-order chi connectivity index (χ1) is 6.93. The zero-order valence-corrected chi connectivity index (χ0v) is 8.85. The number of hydrogen-bond donors (Lipinski definition) is 2. The lowest BCUT2D eigenvalue weighted by Crippen LogP contribution is -2.55. The van der Waals surface area contributed by atoms with Crippen LogP contribution in [0.4, 0.5) is 0 Å². The Morgan fingerprint density at radius 2 is 2.27 bits per heavy atom. The zero-order valence-electron chi connectivity index (χ0n) is 7.95. The van der Waals surface area contributed by atoms with E-state index in [4.69, 9.17) is 4.74 Å². The minimum absolute atomic E-state index is 0.471. The molecule has 0 aromatic carbocycles. The van der Waals surface area contributed by atoms with Crippen LogP contribution < -0.4 is 0 Å². The highest BCUT2D eigenvalue weighted by atomic mass is 31.2. The molecule has 15 heavy (non-hydrogen) atoms. The SMILES string of the molecule is CC/C=C/OC1(O)OP2(=O)OCC1(O)O2. The Balaban J connectivity index is 2.16. The molecule has 7 nitrogen and oxygen atoms in total. The molecule has 2 N–H and O–H groups in total. The third-order valence-electron chi connectivity index (χ3n) is 1.97. The maximum atomic E-state index is 11.4. The van der Waals surface area contributed by atoms with Crippen molar-refractivity contribution in [2.24, 2.45) is 0 Å². The number of phosphoric acid groups is 1. The summed E-state index contributed by atoms with van der Waals surface area (Å²) in [6, 6.07) is 0. The molecule has 2 bridgehead atoms. The van der Waals surface area contributed by atoms with Crippen molar-refractivity contribution >= 4 is 7.82 Å². The maximum absolute atomic E-state index is 11.4. The van der Waals surface area contributed by atoms with E-state index < -0.39 is 26.2 Å². The number of aliphatic hydroxyl groups is 2. The van der Waals surface area contributed by atoms with Crippen LogP contribution in [-0.2, 0) is 22.9 Å². The lowest BCUT2D eigenvalue weighted by molar-refractivity contribution is -0.402. The second kappa shape index (κ2) is 3.28. The molecule has 2 rings (SSSR count). The minimum Gasteiger partial charge on any atom is -0.443 e. The lowest BCUT2D eigenvalue weighted by atomic mass is 10.2. The van der Waals surface area contributed by atoms with Crippen LogP contribution in [-0.4, -0.2) is 28.6 Å². The molecular formula is C7H11O7P. The lowest BCUT2D eigenvalue weighted by Gasteiger charge is -2.31. The van der Waals surface area contributed by atoms with Gasteiger partial charge >= 0.3 is 13.8 Å². The van der Waals surface area contributed by atoms with E-state index >= 15 is 0 Å². The van der Waals surface area contributed by atoms with E-state index in [9.17, 15) is 14.8 Å². The van der Waals surface area contributed by atoms with Crippen molar-refractivity contribution in [2.45, 2.75) is 25.1 Å². The van der Waals surface area contributed by atoms with Crippen molar-refractivity contribution in [3.05, 3.63) is 12.3 Å². The van der Waals surface area contributed by atoms with Gasteiger partial charge in [-0.3, -0.25) is 4.52 Å². The summed E-state index contributed by atoms with van der Waals surface area (Å²) in [5.41, 5.74) is 0. The van der Waals surface area contributed by atoms with E-state index in [-0.39, 0.29) is 0 Å². The highest BCUT2D eigenvalue weighted by Gasteiger charge is 2.74. The molecule has 0 amide bonds. The van der Waals surface area contributed by atoms with Gasteiger partial charge in [0.25, 0.3) is 5.79 Å². The summed E-state index contributed by atoms with van der Waals surface area (Å²) >= 11 is 0. The second-order valence-corrected chi connectivity index (χ2v) is 4.69. The van der Waals surface area contributed by atoms with Gasteiger partial charge in [-0.15, -0.1) is 0 Å². The van der Waals surface area contributed by atoms with Crippen LogP contribution in [0.1, 0.15) is 13.3 Å². The van der Waals surface area contributed by atoms with Crippen molar-refractivity contribution in [3.8, 4) is 0 Å². The molecule has 3 atom stereocenters. The largest absolute Gasteiger partial charge is 0.483 e. The van der Waals surface area contributed by atoms with Crippen LogP contribution in [0, 0.1) is 0 Å².